The predicted octanol–water partition coefficient (Wildman–Crippen LogP) is 1.90. The van der Waals surface area contributed by atoms with E-state index in [1.54, 1.807) is 34.6 Å². The number of carbonyl (C=O) groups excluding carboxylic acids is 4. The van der Waals surface area contributed by atoms with Gasteiger partial charge in [-0.25, -0.2) is 9.59 Å². The van der Waals surface area contributed by atoms with Gasteiger partial charge in [0.25, 0.3) is 0 Å². The molecule has 0 radical (unpaired) electrons. The number of aldehydes is 1. The van der Waals surface area contributed by atoms with Crippen LogP contribution in [-0.2, 0) is 23.9 Å². The Balaban J connectivity index is 3.12. The molecule has 0 aromatic carbocycles. The molecular formula is C19H32N2O6. The average Bonchev–Trinajstić information content (AvgIpc) is 2.86. The quantitative estimate of drug-likeness (QED) is 0.554. The van der Waals surface area contributed by atoms with Gasteiger partial charge in [0.2, 0.25) is 5.91 Å². The first-order valence-electron chi connectivity index (χ1n) is 9.26. The van der Waals surface area contributed by atoms with Crippen molar-refractivity contribution in [3.05, 3.63) is 0 Å². The second kappa shape index (κ2) is 9.19. The summed E-state index contributed by atoms with van der Waals surface area (Å²) in [5.74, 6) is -1.22. The molecule has 2 amide bonds. The Morgan fingerprint density at radius 2 is 1.85 bits per heavy atom. The van der Waals surface area contributed by atoms with Gasteiger partial charge in [0.1, 0.15) is 24.0 Å². The van der Waals surface area contributed by atoms with E-state index in [-0.39, 0.29) is 18.3 Å². The van der Waals surface area contributed by atoms with E-state index in [4.69, 9.17) is 9.47 Å². The maximum Gasteiger partial charge on any atom is 0.408 e. The Morgan fingerprint density at radius 3 is 2.30 bits per heavy atom. The lowest BCUT2D eigenvalue weighted by molar-refractivity contribution is -0.153. The second-order valence-electron chi connectivity index (χ2n) is 8.34. The van der Waals surface area contributed by atoms with Gasteiger partial charge in [-0.2, -0.15) is 0 Å². The number of hydrogen-bond donors (Lipinski definition) is 1. The van der Waals surface area contributed by atoms with Crippen molar-refractivity contribution in [2.24, 2.45) is 11.8 Å². The van der Waals surface area contributed by atoms with Crippen molar-refractivity contribution in [3.8, 4) is 0 Å². The van der Waals surface area contributed by atoms with Crippen LogP contribution in [0.1, 0.15) is 54.4 Å². The number of alkyl carbamates (subject to hydrolysis) is 1. The smallest absolute Gasteiger partial charge is 0.408 e. The van der Waals surface area contributed by atoms with E-state index in [9.17, 15) is 19.2 Å². The molecule has 0 unspecified atom stereocenters. The third-order valence-electron chi connectivity index (χ3n) is 4.62. The minimum absolute atomic E-state index is 0.0439. The van der Waals surface area contributed by atoms with Gasteiger partial charge in [0.15, 0.2) is 0 Å². The van der Waals surface area contributed by atoms with Crippen LogP contribution in [0.3, 0.4) is 0 Å². The maximum absolute atomic E-state index is 13.3. The number of methoxy groups -OCH3 is 1. The van der Waals surface area contributed by atoms with Gasteiger partial charge in [-0.05, 0) is 39.0 Å². The Hall–Kier alpha value is -2.12. The number of likely N-dealkylation sites (tertiary alicyclic amines) is 1. The molecule has 1 aliphatic rings. The molecule has 0 spiro atoms. The van der Waals surface area contributed by atoms with Crippen LogP contribution >= 0.6 is 0 Å². The molecule has 0 aromatic rings. The Morgan fingerprint density at radius 1 is 1.26 bits per heavy atom. The summed E-state index contributed by atoms with van der Waals surface area (Å²) < 4.78 is 10.1. The van der Waals surface area contributed by atoms with Crippen LogP contribution in [-0.4, -0.2) is 60.0 Å². The number of carbonyl (C=O) groups is 4. The van der Waals surface area contributed by atoms with E-state index in [1.165, 1.54) is 12.0 Å². The molecule has 1 aliphatic heterocycles. The molecule has 4 atom stereocenters. The van der Waals surface area contributed by atoms with Crippen LogP contribution in [0.25, 0.3) is 0 Å². The highest BCUT2D eigenvalue weighted by molar-refractivity contribution is 5.91. The topological polar surface area (TPSA) is 102 Å². The molecule has 1 N–H and O–H groups in total. The van der Waals surface area contributed by atoms with Crippen molar-refractivity contribution in [3.63, 3.8) is 0 Å². The summed E-state index contributed by atoms with van der Waals surface area (Å²) >= 11 is 0. The standard InChI is InChI=1S/C19H32N2O6/c1-11(2)15(20-18(25)27-19(4,5)6)16(23)21-13(8-9-22)12(3)10-14(21)17(24)26-7/h9,11-15H,8,10H2,1-7H3,(H,20,25)/t12-,13-,14+,15-/m1/s1. The lowest BCUT2D eigenvalue weighted by Crippen LogP contribution is -2.56. The van der Waals surface area contributed by atoms with E-state index in [2.05, 4.69) is 5.32 Å². The Kier molecular flexibility index (Phi) is 7.80. The summed E-state index contributed by atoms with van der Waals surface area (Å²) in [6.45, 7) is 10.7. The zero-order valence-corrected chi connectivity index (χ0v) is 17.3. The normalized spacial score (nSPS) is 23.7. The molecule has 154 valence electrons. The maximum atomic E-state index is 13.3. The molecular weight excluding hydrogens is 352 g/mol. The van der Waals surface area contributed by atoms with E-state index in [0.29, 0.717) is 6.42 Å². The number of hydrogen-bond acceptors (Lipinski definition) is 6. The molecule has 1 fully saturated rings. The minimum atomic E-state index is -0.883. The van der Waals surface area contributed by atoms with Crippen LogP contribution in [0, 0.1) is 11.8 Å². The fraction of sp³-hybridized carbons (Fsp3) is 0.789. The van der Waals surface area contributed by atoms with E-state index in [1.807, 2.05) is 6.92 Å². The number of nitrogens with zero attached hydrogens (tertiary/aromatic N) is 1. The van der Waals surface area contributed by atoms with Crippen LogP contribution in [0.4, 0.5) is 4.79 Å². The van der Waals surface area contributed by atoms with E-state index in [0.717, 1.165) is 6.29 Å². The monoisotopic (exact) mass is 384 g/mol. The summed E-state index contributed by atoms with van der Waals surface area (Å²) in [6, 6.07) is -2.07. The third-order valence-corrected chi connectivity index (χ3v) is 4.62. The summed E-state index contributed by atoms with van der Waals surface area (Å²) in [5, 5.41) is 2.61. The molecule has 0 aliphatic carbocycles. The van der Waals surface area contributed by atoms with Gasteiger partial charge in [-0.15, -0.1) is 0 Å². The van der Waals surface area contributed by atoms with Crippen molar-refractivity contribution in [1.29, 1.82) is 0 Å². The van der Waals surface area contributed by atoms with Gasteiger partial charge < -0.3 is 24.5 Å². The summed E-state index contributed by atoms with van der Waals surface area (Å²) in [6.07, 6.45) is 0.571. The van der Waals surface area contributed by atoms with E-state index >= 15 is 0 Å². The molecule has 1 rings (SSSR count). The molecule has 1 saturated heterocycles. The zero-order chi connectivity index (χ0) is 20.9. The second-order valence-corrected chi connectivity index (χ2v) is 8.34. The van der Waals surface area contributed by atoms with Crippen LogP contribution in [0.5, 0.6) is 0 Å². The Bertz CT molecular complexity index is 569. The Labute approximate surface area is 160 Å². The molecule has 0 aromatic heterocycles. The molecule has 8 nitrogen and oxygen atoms in total. The van der Waals surface area contributed by atoms with Gasteiger partial charge in [-0.3, -0.25) is 4.79 Å². The number of nitrogens with one attached hydrogen (secondary N) is 1. The van der Waals surface area contributed by atoms with Gasteiger partial charge in [0.05, 0.1) is 7.11 Å². The number of rotatable bonds is 6. The molecule has 1 heterocycles. The largest absolute Gasteiger partial charge is 0.467 e. The number of ether oxygens (including phenoxy) is 2. The SMILES string of the molecule is COC(=O)[C@@H]1C[C@@H](C)[C@@H](CC=O)N1C(=O)[C@H](NC(=O)OC(C)(C)C)C(C)C. The first-order valence-corrected chi connectivity index (χ1v) is 9.26. The first-order chi connectivity index (χ1) is 12.4. The lowest BCUT2D eigenvalue weighted by atomic mass is 9.98. The molecule has 0 bridgehead atoms. The fourth-order valence-corrected chi connectivity index (χ4v) is 3.34. The minimum Gasteiger partial charge on any atom is -0.467 e. The number of amides is 2. The fourth-order valence-electron chi connectivity index (χ4n) is 3.34. The first kappa shape index (κ1) is 22.9. The summed E-state index contributed by atoms with van der Waals surface area (Å²) in [4.78, 5) is 50.2. The van der Waals surface area contributed by atoms with E-state index < -0.39 is 41.7 Å². The van der Waals surface area contributed by atoms with Gasteiger partial charge in [-0.1, -0.05) is 20.8 Å². The van der Waals surface area contributed by atoms with Crippen LogP contribution in [0.15, 0.2) is 0 Å². The zero-order valence-electron chi connectivity index (χ0n) is 17.3. The third kappa shape index (κ3) is 5.94. The molecule has 27 heavy (non-hydrogen) atoms. The average molecular weight is 384 g/mol. The summed E-state index contributed by atoms with van der Waals surface area (Å²) in [5.41, 5.74) is -0.703. The van der Waals surface area contributed by atoms with Gasteiger partial charge >= 0.3 is 12.1 Å². The summed E-state index contributed by atoms with van der Waals surface area (Å²) in [7, 11) is 1.27. The highest BCUT2D eigenvalue weighted by Crippen LogP contribution is 2.33. The van der Waals surface area contributed by atoms with Crippen molar-refractivity contribution in [2.75, 3.05) is 7.11 Å². The van der Waals surface area contributed by atoms with Crippen LogP contribution in [0.2, 0.25) is 0 Å². The number of esters is 1. The highest BCUT2D eigenvalue weighted by Gasteiger charge is 2.47. The highest BCUT2D eigenvalue weighted by atomic mass is 16.6. The van der Waals surface area contributed by atoms with Crippen molar-refractivity contribution < 1.29 is 28.7 Å². The predicted molar refractivity (Wildman–Crippen MR) is 98.9 cm³/mol. The van der Waals surface area contributed by atoms with Crippen molar-refractivity contribution >= 4 is 24.3 Å². The molecule has 8 heteroatoms. The van der Waals surface area contributed by atoms with Crippen LogP contribution < -0.4 is 5.32 Å². The molecule has 0 saturated carbocycles. The lowest BCUT2D eigenvalue weighted by Gasteiger charge is -2.34. The van der Waals surface area contributed by atoms with Crippen molar-refractivity contribution in [1.82, 2.24) is 10.2 Å². The van der Waals surface area contributed by atoms with Gasteiger partial charge in [0, 0.05) is 12.5 Å². The van der Waals surface area contributed by atoms with Crippen molar-refractivity contribution in [2.45, 2.75) is 78.1 Å².